The highest BCUT2D eigenvalue weighted by Gasteiger charge is 2.12. The van der Waals surface area contributed by atoms with Gasteiger partial charge in [0.2, 0.25) is 5.91 Å². The summed E-state index contributed by atoms with van der Waals surface area (Å²) in [6.45, 7) is 0.00862. The van der Waals surface area contributed by atoms with Crippen molar-refractivity contribution in [2.24, 2.45) is 5.73 Å². The molecule has 0 fully saturated rings. The molecule has 0 unspecified atom stereocenters. The molecule has 0 aliphatic carbocycles. The highest BCUT2D eigenvalue weighted by molar-refractivity contribution is 5.95. The Morgan fingerprint density at radius 3 is 2.33 bits per heavy atom. The van der Waals surface area contributed by atoms with Crippen molar-refractivity contribution in [3.63, 3.8) is 0 Å². The van der Waals surface area contributed by atoms with Crippen LogP contribution in [-0.4, -0.2) is 11.9 Å². The number of amides is 1. The number of nitrogens with two attached hydrogens (primary N) is 2. The molecule has 108 valence electrons. The minimum absolute atomic E-state index is 0.00862. The molecule has 2 aromatic rings. The van der Waals surface area contributed by atoms with E-state index in [1.165, 1.54) is 18.2 Å². The molecular formula is C15H13FN2O3. The predicted octanol–water partition coefficient (Wildman–Crippen LogP) is 1.86. The number of esters is 1. The van der Waals surface area contributed by atoms with Crippen LogP contribution in [-0.2, 0) is 11.3 Å². The maximum atomic E-state index is 12.9. The highest BCUT2D eigenvalue weighted by Crippen LogP contribution is 2.15. The summed E-state index contributed by atoms with van der Waals surface area (Å²) in [5, 5.41) is 0. The van der Waals surface area contributed by atoms with E-state index in [-0.39, 0.29) is 17.9 Å². The molecule has 0 aromatic heterocycles. The smallest absolute Gasteiger partial charge is 0.340 e. The van der Waals surface area contributed by atoms with Gasteiger partial charge in [-0.1, -0.05) is 12.1 Å². The Kier molecular flexibility index (Phi) is 4.18. The Hall–Kier alpha value is -2.89. The lowest BCUT2D eigenvalue weighted by Gasteiger charge is -2.07. The summed E-state index contributed by atoms with van der Waals surface area (Å²) in [4.78, 5) is 22.7. The highest BCUT2D eigenvalue weighted by atomic mass is 19.1. The molecule has 0 bridgehead atoms. The molecule has 1 amide bonds. The van der Waals surface area contributed by atoms with Crippen molar-refractivity contribution in [3.05, 3.63) is 65.0 Å². The third kappa shape index (κ3) is 3.56. The van der Waals surface area contributed by atoms with Gasteiger partial charge in [0.05, 0.1) is 5.56 Å². The Morgan fingerprint density at radius 2 is 1.76 bits per heavy atom. The molecule has 0 saturated heterocycles. The molecule has 2 aromatic carbocycles. The zero-order chi connectivity index (χ0) is 15.4. The van der Waals surface area contributed by atoms with Crippen LogP contribution in [0.25, 0.3) is 0 Å². The van der Waals surface area contributed by atoms with E-state index in [0.717, 1.165) is 12.1 Å². The number of anilines is 1. The first-order valence-electron chi connectivity index (χ1n) is 6.08. The number of carbonyl (C=O) groups excluding carboxylic acids is 2. The van der Waals surface area contributed by atoms with Crippen molar-refractivity contribution < 1.29 is 18.7 Å². The summed E-state index contributed by atoms with van der Waals surface area (Å²) >= 11 is 0. The average Bonchev–Trinajstić information content (AvgIpc) is 2.45. The standard InChI is InChI=1S/C15H13FN2O3/c16-11-5-6-12(13(17)7-11)15(20)21-8-9-1-3-10(4-2-9)14(18)19/h1-7H,8,17H2,(H2,18,19). The summed E-state index contributed by atoms with van der Waals surface area (Å²) in [6, 6.07) is 9.79. The quantitative estimate of drug-likeness (QED) is 0.663. The van der Waals surface area contributed by atoms with Crippen LogP contribution in [0.1, 0.15) is 26.3 Å². The number of benzene rings is 2. The normalized spacial score (nSPS) is 10.1. The number of rotatable bonds is 4. The maximum absolute atomic E-state index is 12.9. The Balaban J connectivity index is 2.02. The van der Waals surface area contributed by atoms with Gasteiger partial charge in [0.1, 0.15) is 12.4 Å². The summed E-state index contributed by atoms with van der Waals surface area (Å²) < 4.78 is 18.0. The fourth-order valence-corrected chi connectivity index (χ4v) is 1.71. The van der Waals surface area contributed by atoms with E-state index >= 15 is 0 Å². The van der Waals surface area contributed by atoms with Gasteiger partial charge in [-0.05, 0) is 35.9 Å². The molecule has 0 heterocycles. The summed E-state index contributed by atoms with van der Waals surface area (Å²) in [5.41, 5.74) is 11.9. The van der Waals surface area contributed by atoms with Crippen LogP contribution in [0.5, 0.6) is 0 Å². The maximum Gasteiger partial charge on any atom is 0.340 e. The molecule has 0 aliphatic heterocycles. The summed E-state index contributed by atoms with van der Waals surface area (Å²) in [6.07, 6.45) is 0. The van der Waals surface area contributed by atoms with Gasteiger partial charge < -0.3 is 16.2 Å². The Morgan fingerprint density at radius 1 is 1.10 bits per heavy atom. The molecule has 0 atom stereocenters. The van der Waals surface area contributed by atoms with Gasteiger partial charge in [0, 0.05) is 11.3 Å². The van der Waals surface area contributed by atoms with Crippen LogP contribution >= 0.6 is 0 Å². The van der Waals surface area contributed by atoms with Crippen molar-refractivity contribution in [2.75, 3.05) is 5.73 Å². The molecule has 5 nitrogen and oxygen atoms in total. The second kappa shape index (κ2) is 6.04. The van der Waals surface area contributed by atoms with E-state index in [4.69, 9.17) is 16.2 Å². The van der Waals surface area contributed by atoms with Crippen LogP contribution in [0.3, 0.4) is 0 Å². The van der Waals surface area contributed by atoms with Gasteiger partial charge in [0.15, 0.2) is 0 Å². The van der Waals surface area contributed by atoms with Crippen molar-refractivity contribution in [2.45, 2.75) is 6.61 Å². The molecule has 0 saturated carbocycles. The van der Waals surface area contributed by atoms with Crippen molar-refractivity contribution >= 4 is 17.6 Å². The number of nitrogen functional groups attached to an aromatic ring is 1. The summed E-state index contributed by atoms with van der Waals surface area (Å²) in [7, 11) is 0. The third-order valence-electron chi connectivity index (χ3n) is 2.84. The minimum Gasteiger partial charge on any atom is -0.457 e. The largest absolute Gasteiger partial charge is 0.457 e. The van der Waals surface area contributed by atoms with E-state index < -0.39 is 17.7 Å². The molecule has 6 heteroatoms. The van der Waals surface area contributed by atoms with Gasteiger partial charge in [-0.3, -0.25) is 4.79 Å². The van der Waals surface area contributed by atoms with Crippen LogP contribution in [0.4, 0.5) is 10.1 Å². The minimum atomic E-state index is -0.647. The fourth-order valence-electron chi connectivity index (χ4n) is 1.71. The van der Waals surface area contributed by atoms with Crippen LogP contribution in [0.2, 0.25) is 0 Å². The van der Waals surface area contributed by atoms with E-state index in [2.05, 4.69) is 0 Å². The van der Waals surface area contributed by atoms with Gasteiger partial charge in [-0.2, -0.15) is 0 Å². The number of hydrogen-bond acceptors (Lipinski definition) is 4. The van der Waals surface area contributed by atoms with Crippen molar-refractivity contribution in [3.8, 4) is 0 Å². The number of halogens is 1. The molecule has 2 rings (SSSR count). The van der Waals surface area contributed by atoms with Gasteiger partial charge in [-0.25, -0.2) is 9.18 Å². The van der Waals surface area contributed by atoms with Crippen LogP contribution < -0.4 is 11.5 Å². The molecule has 0 spiro atoms. The second-order valence-electron chi connectivity index (χ2n) is 4.37. The lowest BCUT2D eigenvalue weighted by molar-refractivity contribution is 0.0473. The first kappa shape index (κ1) is 14.5. The first-order valence-corrected chi connectivity index (χ1v) is 6.08. The SMILES string of the molecule is NC(=O)c1ccc(COC(=O)c2ccc(F)cc2N)cc1. The summed E-state index contributed by atoms with van der Waals surface area (Å²) in [5.74, 6) is -1.70. The third-order valence-corrected chi connectivity index (χ3v) is 2.84. The predicted molar refractivity (Wildman–Crippen MR) is 74.9 cm³/mol. The van der Waals surface area contributed by atoms with Crippen molar-refractivity contribution in [1.82, 2.24) is 0 Å². The van der Waals surface area contributed by atoms with Crippen molar-refractivity contribution in [1.29, 1.82) is 0 Å². The number of carbonyl (C=O) groups is 2. The topological polar surface area (TPSA) is 95.4 Å². The van der Waals surface area contributed by atoms with E-state index in [1.807, 2.05) is 0 Å². The van der Waals surface area contributed by atoms with E-state index in [0.29, 0.717) is 11.1 Å². The number of ether oxygens (including phenoxy) is 1. The second-order valence-corrected chi connectivity index (χ2v) is 4.37. The van der Waals surface area contributed by atoms with E-state index in [9.17, 15) is 14.0 Å². The number of hydrogen-bond donors (Lipinski definition) is 2. The zero-order valence-corrected chi connectivity index (χ0v) is 11.0. The van der Waals surface area contributed by atoms with E-state index in [1.54, 1.807) is 12.1 Å². The molecule has 0 aliphatic rings. The number of primary amides is 1. The van der Waals surface area contributed by atoms with Gasteiger partial charge in [-0.15, -0.1) is 0 Å². The average molecular weight is 288 g/mol. The van der Waals surface area contributed by atoms with Gasteiger partial charge in [0.25, 0.3) is 0 Å². The first-order chi connectivity index (χ1) is 9.97. The molecule has 4 N–H and O–H groups in total. The molecular weight excluding hydrogens is 275 g/mol. The van der Waals surface area contributed by atoms with Crippen LogP contribution in [0, 0.1) is 5.82 Å². The monoisotopic (exact) mass is 288 g/mol. The van der Waals surface area contributed by atoms with Gasteiger partial charge >= 0.3 is 5.97 Å². The molecule has 0 radical (unpaired) electrons. The van der Waals surface area contributed by atoms with Crippen LogP contribution in [0.15, 0.2) is 42.5 Å². The lowest BCUT2D eigenvalue weighted by atomic mass is 10.1. The lowest BCUT2D eigenvalue weighted by Crippen LogP contribution is -2.11. The fraction of sp³-hybridized carbons (Fsp3) is 0.0667. The Labute approximate surface area is 120 Å². The molecule has 21 heavy (non-hydrogen) atoms. The Bertz CT molecular complexity index is 684. The zero-order valence-electron chi connectivity index (χ0n) is 11.0.